The Morgan fingerprint density at radius 1 is 1.26 bits per heavy atom. The molecule has 0 aliphatic carbocycles. The molecule has 4 N–H and O–H groups in total. The number of carboxylic acid groups (broad SMARTS) is 1. The summed E-state index contributed by atoms with van der Waals surface area (Å²) in [5, 5.41) is 11.5. The minimum Gasteiger partial charge on any atom is -0.480 e. The number of primary amides is 1. The second-order valence-corrected chi connectivity index (χ2v) is 4.49. The van der Waals surface area contributed by atoms with Gasteiger partial charge in [-0.15, -0.1) is 0 Å². The van der Waals surface area contributed by atoms with Gasteiger partial charge in [0.15, 0.2) is 0 Å². The minimum atomic E-state index is -0.862. The van der Waals surface area contributed by atoms with E-state index in [9.17, 15) is 14.4 Å². The zero-order valence-electron chi connectivity index (χ0n) is 11.0. The second kappa shape index (κ2) is 6.93. The van der Waals surface area contributed by atoms with Crippen LogP contribution in [0.5, 0.6) is 0 Å². The number of carboxylic acids is 1. The fourth-order valence-electron chi connectivity index (χ4n) is 1.87. The Morgan fingerprint density at radius 3 is 2.32 bits per heavy atom. The van der Waals surface area contributed by atoms with Crippen molar-refractivity contribution in [3.05, 3.63) is 0 Å². The van der Waals surface area contributed by atoms with E-state index in [1.165, 1.54) is 0 Å². The summed E-state index contributed by atoms with van der Waals surface area (Å²) < 4.78 is 0. The third kappa shape index (κ3) is 4.74. The lowest BCUT2D eigenvalue weighted by atomic mass is 10.2. The summed E-state index contributed by atoms with van der Waals surface area (Å²) in [5.41, 5.74) is 4.97. The van der Waals surface area contributed by atoms with Gasteiger partial charge in [-0.05, 0) is 6.92 Å². The van der Waals surface area contributed by atoms with E-state index in [1.807, 2.05) is 4.90 Å². The predicted molar refractivity (Wildman–Crippen MR) is 67.5 cm³/mol. The van der Waals surface area contributed by atoms with Crippen LogP contribution >= 0.6 is 0 Å². The van der Waals surface area contributed by atoms with E-state index in [2.05, 4.69) is 5.32 Å². The summed E-state index contributed by atoms with van der Waals surface area (Å²) in [7, 11) is 0. The number of amides is 3. The molecule has 1 rings (SSSR count). The number of piperazine rings is 1. The Bertz CT molecular complexity index is 353. The zero-order valence-corrected chi connectivity index (χ0v) is 11.0. The Labute approximate surface area is 111 Å². The van der Waals surface area contributed by atoms with Crippen molar-refractivity contribution in [1.82, 2.24) is 15.1 Å². The van der Waals surface area contributed by atoms with Gasteiger partial charge in [0.2, 0.25) is 5.91 Å². The molecule has 0 aromatic heterocycles. The normalized spacial score (nSPS) is 17.8. The second-order valence-electron chi connectivity index (χ2n) is 4.49. The van der Waals surface area contributed by atoms with Crippen LogP contribution in [0.3, 0.4) is 0 Å². The van der Waals surface area contributed by atoms with Crippen molar-refractivity contribution in [3.8, 4) is 0 Å². The Hall–Kier alpha value is -1.83. The highest BCUT2D eigenvalue weighted by molar-refractivity contribution is 5.77. The highest BCUT2D eigenvalue weighted by atomic mass is 16.4. The lowest BCUT2D eigenvalue weighted by molar-refractivity contribution is -0.143. The number of carbonyl (C=O) groups excluding carboxylic acids is 2. The fourth-order valence-corrected chi connectivity index (χ4v) is 1.87. The topological polar surface area (TPSA) is 116 Å². The molecule has 0 bridgehead atoms. The van der Waals surface area contributed by atoms with Gasteiger partial charge in [0.25, 0.3) is 0 Å². The van der Waals surface area contributed by atoms with Crippen LogP contribution in [0.15, 0.2) is 0 Å². The van der Waals surface area contributed by atoms with E-state index in [0.29, 0.717) is 26.2 Å². The van der Waals surface area contributed by atoms with Crippen LogP contribution in [0.4, 0.5) is 4.79 Å². The third-order valence-corrected chi connectivity index (χ3v) is 3.15. The highest BCUT2D eigenvalue weighted by Crippen LogP contribution is 2.06. The molecular weight excluding hydrogens is 252 g/mol. The number of rotatable bonds is 5. The van der Waals surface area contributed by atoms with Gasteiger partial charge in [-0.2, -0.15) is 0 Å². The standard InChI is InChI=1S/C11H20N4O4/c1-8(10(17)18)14-4-6-15(7-5-14)11(19)13-3-2-9(12)16/h8H,2-7H2,1H3,(H2,12,16)(H,13,19)(H,17,18). The van der Waals surface area contributed by atoms with Gasteiger partial charge >= 0.3 is 12.0 Å². The smallest absolute Gasteiger partial charge is 0.320 e. The van der Waals surface area contributed by atoms with Gasteiger partial charge in [0.05, 0.1) is 0 Å². The number of hydrogen-bond donors (Lipinski definition) is 3. The first kappa shape index (κ1) is 15.2. The summed E-state index contributed by atoms with van der Waals surface area (Å²) in [6.07, 6.45) is 0.113. The van der Waals surface area contributed by atoms with Crippen LogP contribution in [0.25, 0.3) is 0 Å². The molecule has 8 nitrogen and oxygen atoms in total. The van der Waals surface area contributed by atoms with Gasteiger partial charge in [-0.1, -0.05) is 0 Å². The van der Waals surface area contributed by atoms with E-state index in [-0.39, 0.29) is 19.0 Å². The first-order valence-corrected chi connectivity index (χ1v) is 6.19. The number of nitrogens with two attached hydrogens (primary N) is 1. The van der Waals surface area contributed by atoms with Crippen molar-refractivity contribution in [2.45, 2.75) is 19.4 Å². The molecule has 0 aromatic rings. The van der Waals surface area contributed by atoms with Crippen LogP contribution in [0.1, 0.15) is 13.3 Å². The molecule has 1 fully saturated rings. The maximum atomic E-state index is 11.7. The van der Waals surface area contributed by atoms with E-state index in [4.69, 9.17) is 10.8 Å². The predicted octanol–water partition coefficient (Wildman–Crippen LogP) is -1.34. The number of nitrogens with zero attached hydrogens (tertiary/aromatic N) is 2. The Morgan fingerprint density at radius 2 is 1.84 bits per heavy atom. The number of urea groups is 1. The van der Waals surface area contributed by atoms with E-state index >= 15 is 0 Å². The van der Waals surface area contributed by atoms with Crippen molar-refractivity contribution >= 4 is 17.9 Å². The molecule has 1 heterocycles. The molecule has 0 aromatic carbocycles. The molecule has 1 saturated heterocycles. The number of hydrogen-bond acceptors (Lipinski definition) is 4. The van der Waals surface area contributed by atoms with Gasteiger partial charge in [-0.3, -0.25) is 14.5 Å². The molecule has 1 aliphatic rings. The summed E-state index contributed by atoms with van der Waals surface area (Å²) in [6, 6.07) is -0.788. The summed E-state index contributed by atoms with van der Waals surface area (Å²) in [4.78, 5) is 36.5. The molecule has 3 amide bonds. The molecule has 1 aliphatic heterocycles. The molecule has 1 unspecified atom stereocenters. The Balaban J connectivity index is 2.31. The maximum Gasteiger partial charge on any atom is 0.320 e. The van der Waals surface area contributed by atoms with Crippen LogP contribution < -0.4 is 11.1 Å². The average molecular weight is 272 g/mol. The van der Waals surface area contributed by atoms with Crippen LogP contribution in [-0.2, 0) is 9.59 Å². The van der Waals surface area contributed by atoms with Crippen molar-refractivity contribution in [2.24, 2.45) is 5.73 Å². The number of nitrogens with one attached hydrogen (secondary N) is 1. The monoisotopic (exact) mass is 272 g/mol. The van der Waals surface area contributed by atoms with E-state index < -0.39 is 17.9 Å². The minimum absolute atomic E-state index is 0.113. The molecular formula is C11H20N4O4. The van der Waals surface area contributed by atoms with E-state index in [0.717, 1.165) is 0 Å². The maximum absolute atomic E-state index is 11.7. The molecule has 1 atom stereocenters. The van der Waals surface area contributed by atoms with Crippen LogP contribution in [0.2, 0.25) is 0 Å². The van der Waals surface area contributed by atoms with Crippen LogP contribution in [-0.4, -0.2) is 71.6 Å². The lowest BCUT2D eigenvalue weighted by Crippen LogP contribution is -2.55. The fraction of sp³-hybridized carbons (Fsp3) is 0.727. The molecule has 0 radical (unpaired) electrons. The van der Waals surface area contributed by atoms with Crippen molar-refractivity contribution in [1.29, 1.82) is 0 Å². The molecule has 19 heavy (non-hydrogen) atoms. The van der Waals surface area contributed by atoms with Gasteiger partial charge in [-0.25, -0.2) is 4.79 Å². The average Bonchev–Trinajstić information content (AvgIpc) is 2.37. The molecule has 0 spiro atoms. The van der Waals surface area contributed by atoms with Crippen molar-refractivity contribution < 1.29 is 19.5 Å². The number of aliphatic carboxylic acids is 1. The van der Waals surface area contributed by atoms with Gasteiger partial charge in [0.1, 0.15) is 6.04 Å². The van der Waals surface area contributed by atoms with Gasteiger partial charge < -0.3 is 21.1 Å². The summed E-state index contributed by atoms with van der Waals surface area (Å²) in [5.74, 6) is -1.32. The third-order valence-electron chi connectivity index (χ3n) is 3.15. The summed E-state index contributed by atoms with van der Waals surface area (Å²) >= 11 is 0. The van der Waals surface area contributed by atoms with Gasteiger partial charge in [0, 0.05) is 39.1 Å². The largest absolute Gasteiger partial charge is 0.480 e. The first-order valence-electron chi connectivity index (χ1n) is 6.19. The summed E-state index contributed by atoms with van der Waals surface area (Å²) in [6.45, 7) is 3.85. The molecule has 108 valence electrons. The van der Waals surface area contributed by atoms with E-state index in [1.54, 1.807) is 11.8 Å². The highest BCUT2D eigenvalue weighted by Gasteiger charge is 2.26. The zero-order chi connectivity index (χ0) is 14.4. The van der Waals surface area contributed by atoms with Crippen molar-refractivity contribution in [3.63, 3.8) is 0 Å². The van der Waals surface area contributed by atoms with Crippen molar-refractivity contribution in [2.75, 3.05) is 32.7 Å². The SMILES string of the molecule is CC(C(=O)O)N1CCN(C(=O)NCCC(N)=O)CC1. The number of carbonyl (C=O) groups is 3. The quantitative estimate of drug-likeness (QED) is 0.573. The Kier molecular flexibility index (Phi) is 5.56. The first-order chi connectivity index (χ1) is 8.91. The molecule has 8 heteroatoms. The van der Waals surface area contributed by atoms with Crippen LogP contribution in [0, 0.1) is 0 Å². The lowest BCUT2D eigenvalue weighted by Gasteiger charge is -2.36. The molecule has 0 saturated carbocycles.